The summed E-state index contributed by atoms with van der Waals surface area (Å²) >= 11 is 0. The number of fused-ring (bicyclic) bond motifs is 1. The Hall–Kier alpha value is -3.67. The van der Waals surface area contributed by atoms with Gasteiger partial charge in [0.25, 0.3) is 0 Å². The molecule has 3 aromatic carbocycles. The summed E-state index contributed by atoms with van der Waals surface area (Å²) < 4.78 is 0. The van der Waals surface area contributed by atoms with Crippen LogP contribution in [-0.4, -0.2) is 27.5 Å². The third kappa shape index (κ3) is 6.60. The van der Waals surface area contributed by atoms with E-state index < -0.39 is 0 Å². The molecule has 38 heavy (non-hydrogen) atoms. The Bertz CT molecular complexity index is 1300. The Labute approximate surface area is 226 Å². The van der Waals surface area contributed by atoms with Crippen molar-refractivity contribution in [2.75, 3.05) is 22.1 Å². The van der Waals surface area contributed by atoms with Crippen molar-refractivity contribution in [1.29, 1.82) is 0 Å². The Morgan fingerprint density at radius 3 is 2.39 bits per heavy atom. The summed E-state index contributed by atoms with van der Waals surface area (Å²) in [4.78, 5) is 17.1. The predicted octanol–water partition coefficient (Wildman–Crippen LogP) is 7.75. The second kappa shape index (κ2) is 12.7. The molecule has 1 aromatic heterocycles. The largest absolute Gasteiger partial charge is 0.351 e. The minimum absolute atomic E-state index is 0.0390. The normalized spacial score (nSPS) is 14.8. The number of nitrogens with one attached hydrogen (secondary N) is 2. The second-order valence-electron chi connectivity index (χ2n) is 10.5. The molecule has 1 heterocycles. The molecular formula is C32H40N6. The van der Waals surface area contributed by atoms with Crippen LogP contribution in [0.3, 0.4) is 0 Å². The van der Waals surface area contributed by atoms with Crippen LogP contribution in [0.2, 0.25) is 0 Å². The Morgan fingerprint density at radius 1 is 0.842 bits per heavy atom. The van der Waals surface area contributed by atoms with Crippen LogP contribution in [0.4, 0.5) is 17.8 Å². The Kier molecular flexibility index (Phi) is 8.69. The quantitative estimate of drug-likeness (QED) is 0.216. The van der Waals surface area contributed by atoms with Gasteiger partial charge in [-0.25, -0.2) is 0 Å². The standard InChI is InChI=1S/C32H40N6/c1-3-4-22-38(23-25-14-7-5-8-15-25)32-36-30(35-31(37-32)34-27-18-9-6-10-19-27)33-24(2)28-21-13-17-26-16-11-12-20-29(26)28/h5,7-8,11-17,20-21,24,27H,3-4,6,9-10,18-19,22-23H2,1-2H3,(H2,33,34,35,36,37)/t24-/m1/s1. The summed E-state index contributed by atoms with van der Waals surface area (Å²) in [6.07, 6.45) is 8.37. The second-order valence-corrected chi connectivity index (χ2v) is 10.5. The van der Waals surface area contributed by atoms with Crippen LogP contribution in [0.15, 0.2) is 72.8 Å². The van der Waals surface area contributed by atoms with Gasteiger partial charge in [0.2, 0.25) is 17.8 Å². The van der Waals surface area contributed by atoms with Crippen LogP contribution in [0, 0.1) is 0 Å². The highest BCUT2D eigenvalue weighted by molar-refractivity contribution is 5.86. The van der Waals surface area contributed by atoms with Crippen molar-refractivity contribution in [3.05, 3.63) is 83.9 Å². The van der Waals surface area contributed by atoms with Crippen LogP contribution < -0.4 is 15.5 Å². The van der Waals surface area contributed by atoms with E-state index in [4.69, 9.17) is 15.0 Å². The molecule has 1 saturated carbocycles. The fourth-order valence-electron chi connectivity index (χ4n) is 5.37. The van der Waals surface area contributed by atoms with Crippen LogP contribution in [0.25, 0.3) is 10.8 Å². The van der Waals surface area contributed by atoms with E-state index in [1.165, 1.54) is 54.0 Å². The highest BCUT2D eigenvalue weighted by Crippen LogP contribution is 2.28. The lowest BCUT2D eigenvalue weighted by Crippen LogP contribution is -2.29. The molecule has 1 aliphatic carbocycles. The van der Waals surface area contributed by atoms with Crippen LogP contribution >= 0.6 is 0 Å². The molecule has 6 heteroatoms. The highest BCUT2D eigenvalue weighted by atomic mass is 15.3. The lowest BCUT2D eigenvalue weighted by Gasteiger charge is -2.26. The van der Waals surface area contributed by atoms with Gasteiger partial charge in [0.05, 0.1) is 6.04 Å². The molecule has 2 N–H and O–H groups in total. The zero-order chi connectivity index (χ0) is 26.2. The van der Waals surface area contributed by atoms with Crippen LogP contribution in [0.5, 0.6) is 0 Å². The van der Waals surface area contributed by atoms with Gasteiger partial charge >= 0.3 is 0 Å². The minimum atomic E-state index is 0.0390. The van der Waals surface area contributed by atoms with E-state index in [9.17, 15) is 0 Å². The zero-order valence-corrected chi connectivity index (χ0v) is 22.7. The van der Waals surface area contributed by atoms with E-state index in [-0.39, 0.29) is 6.04 Å². The number of aromatic nitrogens is 3. The average molecular weight is 509 g/mol. The fourth-order valence-corrected chi connectivity index (χ4v) is 5.37. The molecule has 0 radical (unpaired) electrons. The number of hydrogen-bond acceptors (Lipinski definition) is 6. The number of unbranched alkanes of at least 4 members (excludes halogenated alkanes) is 1. The van der Waals surface area contributed by atoms with E-state index in [0.717, 1.165) is 31.9 Å². The number of benzene rings is 3. The predicted molar refractivity (Wildman–Crippen MR) is 159 cm³/mol. The number of rotatable bonds is 11. The van der Waals surface area contributed by atoms with Gasteiger partial charge in [-0.2, -0.15) is 15.0 Å². The molecule has 6 nitrogen and oxygen atoms in total. The van der Waals surface area contributed by atoms with Gasteiger partial charge in [0.1, 0.15) is 0 Å². The molecule has 5 rings (SSSR count). The minimum Gasteiger partial charge on any atom is -0.351 e. The van der Waals surface area contributed by atoms with E-state index in [0.29, 0.717) is 17.9 Å². The zero-order valence-electron chi connectivity index (χ0n) is 22.7. The summed E-state index contributed by atoms with van der Waals surface area (Å²) in [5.41, 5.74) is 2.49. The van der Waals surface area contributed by atoms with Gasteiger partial charge in [0, 0.05) is 19.1 Å². The van der Waals surface area contributed by atoms with Crippen molar-refractivity contribution < 1.29 is 0 Å². The summed E-state index contributed by atoms with van der Waals surface area (Å²) in [5, 5.41) is 9.75. The first kappa shape index (κ1) is 26.0. The molecular weight excluding hydrogens is 468 g/mol. The molecule has 198 valence electrons. The summed E-state index contributed by atoms with van der Waals surface area (Å²) in [6, 6.07) is 26.0. The molecule has 1 fully saturated rings. The molecule has 0 aliphatic heterocycles. The van der Waals surface area contributed by atoms with Gasteiger partial charge in [-0.05, 0) is 48.1 Å². The molecule has 0 bridgehead atoms. The first-order valence-corrected chi connectivity index (χ1v) is 14.3. The Morgan fingerprint density at radius 2 is 1.58 bits per heavy atom. The molecule has 0 spiro atoms. The van der Waals surface area contributed by atoms with Crippen molar-refractivity contribution in [2.24, 2.45) is 0 Å². The van der Waals surface area contributed by atoms with E-state index >= 15 is 0 Å². The third-order valence-electron chi connectivity index (χ3n) is 7.48. The molecule has 1 atom stereocenters. The maximum atomic E-state index is 4.97. The monoisotopic (exact) mass is 508 g/mol. The van der Waals surface area contributed by atoms with E-state index in [1.807, 2.05) is 0 Å². The van der Waals surface area contributed by atoms with Gasteiger partial charge in [-0.15, -0.1) is 0 Å². The SMILES string of the molecule is CCCCN(Cc1ccccc1)c1nc(NC2CCCCC2)nc(N[C@H](C)c2cccc3ccccc23)n1. The highest BCUT2D eigenvalue weighted by Gasteiger charge is 2.19. The van der Waals surface area contributed by atoms with Crippen LogP contribution in [-0.2, 0) is 6.54 Å². The van der Waals surface area contributed by atoms with Crippen molar-refractivity contribution in [2.45, 2.75) is 77.4 Å². The smallest absolute Gasteiger partial charge is 0.232 e. The maximum Gasteiger partial charge on any atom is 0.232 e. The molecule has 1 aliphatic rings. The Balaban J connectivity index is 1.46. The molecule has 0 saturated heterocycles. The van der Waals surface area contributed by atoms with Gasteiger partial charge in [-0.3, -0.25) is 0 Å². The molecule has 4 aromatic rings. The summed E-state index contributed by atoms with van der Waals surface area (Å²) in [5.74, 6) is 2.01. The maximum absolute atomic E-state index is 4.97. The lowest BCUT2D eigenvalue weighted by molar-refractivity contribution is 0.460. The third-order valence-corrected chi connectivity index (χ3v) is 7.48. The lowest BCUT2D eigenvalue weighted by atomic mass is 9.96. The van der Waals surface area contributed by atoms with Gasteiger partial charge in [-0.1, -0.05) is 105 Å². The summed E-state index contributed by atoms with van der Waals surface area (Å²) in [7, 11) is 0. The van der Waals surface area contributed by atoms with Gasteiger partial charge < -0.3 is 15.5 Å². The molecule has 0 amide bonds. The van der Waals surface area contributed by atoms with E-state index in [2.05, 4.69) is 102 Å². The first-order chi connectivity index (χ1) is 18.7. The number of hydrogen-bond donors (Lipinski definition) is 2. The van der Waals surface area contributed by atoms with E-state index in [1.54, 1.807) is 0 Å². The topological polar surface area (TPSA) is 66.0 Å². The average Bonchev–Trinajstić information content (AvgIpc) is 2.96. The molecule has 0 unspecified atom stereocenters. The summed E-state index contributed by atoms with van der Waals surface area (Å²) in [6.45, 7) is 6.07. The number of nitrogens with zero attached hydrogens (tertiary/aromatic N) is 4. The first-order valence-electron chi connectivity index (χ1n) is 14.3. The van der Waals surface area contributed by atoms with Crippen molar-refractivity contribution in [3.8, 4) is 0 Å². The fraction of sp³-hybridized carbons (Fsp3) is 0.406. The van der Waals surface area contributed by atoms with Crippen molar-refractivity contribution in [1.82, 2.24) is 15.0 Å². The van der Waals surface area contributed by atoms with Gasteiger partial charge in [0.15, 0.2) is 0 Å². The number of anilines is 3. The van der Waals surface area contributed by atoms with Crippen molar-refractivity contribution >= 4 is 28.6 Å². The van der Waals surface area contributed by atoms with Crippen molar-refractivity contribution in [3.63, 3.8) is 0 Å². The van der Waals surface area contributed by atoms with Crippen LogP contribution in [0.1, 0.15) is 76.0 Å².